The number of allylic oxidation sites excluding steroid dienone is 1. The van der Waals surface area contributed by atoms with E-state index in [1.807, 2.05) is 0 Å². The van der Waals surface area contributed by atoms with Crippen molar-refractivity contribution in [3.05, 3.63) is 67.1 Å². The smallest absolute Gasteiger partial charge is 0.425 e. The molecule has 11 nitrogen and oxygen atoms in total. The van der Waals surface area contributed by atoms with Crippen molar-refractivity contribution >= 4 is 29.2 Å². The molecule has 0 aliphatic rings. The van der Waals surface area contributed by atoms with Gasteiger partial charge in [0.25, 0.3) is 0 Å². The van der Waals surface area contributed by atoms with E-state index < -0.39 is 12.1 Å². The summed E-state index contributed by atoms with van der Waals surface area (Å²) in [5.41, 5.74) is 2.24. The maximum absolute atomic E-state index is 13.1. The number of hydrogen-bond acceptors (Lipinski definition) is 8. The predicted octanol–water partition coefficient (Wildman–Crippen LogP) is 3.50. The zero-order chi connectivity index (χ0) is 22.7. The first-order valence-corrected chi connectivity index (χ1v) is 9.62. The molecule has 0 fully saturated rings. The van der Waals surface area contributed by atoms with Crippen LogP contribution in [0.3, 0.4) is 0 Å². The fourth-order valence-corrected chi connectivity index (χ4v) is 3.05. The number of anilines is 2. The number of H-pyrrole nitrogens is 1. The molecule has 0 aliphatic carbocycles. The van der Waals surface area contributed by atoms with Crippen LogP contribution in [0.25, 0.3) is 16.9 Å². The lowest BCUT2D eigenvalue weighted by atomic mass is 10.2. The lowest BCUT2D eigenvalue weighted by Crippen LogP contribution is -2.28. The van der Waals surface area contributed by atoms with Crippen LogP contribution in [0.5, 0.6) is 0 Å². The van der Waals surface area contributed by atoms with E-state index in [-0.39, 0.29) is 23.7 Å². The molecule has 0 aliphatic heterocycles. The zero-order valence-corrected chi connectivity index (χ0v) is 17.3. The van der Waals surface area contributed by atoms with E-state index in [1.165, 1.54) is 28.0 Å². The number of benzene rings is 1. The third kappa shape index (κ3) is 3.90. The van der Waals surface area contributed by atoms with Gasteiger partial charge in [-0.2, -0.15) is 10.2 Å². The summed E-state index contributed by atoms with van der Waals surface area (Å²) in [5.74, 6) is -0.172. The molecule has 11 heteroatoms. The Kier molecular flexibility index (Phi) is 5.62. The van der Waals surface area contributed by atoms with Crippen LogP contribution in [0.15, 0.2) is 61.5 Å². The molecule has 1 aromatic carbocycles. The molecule has 0 saturated carbocycles. The van der Waals surface area contributed by atoms with Crippen LogP contribution < -0.4 is 4.90 Å². The van der Waals surface area contributed by atoms with Crippen molar-refractivity contribution < 1.29 is 19.1 Å². The minimum atomic E-state index is -0.771. The molecule has 0 bridgehead atoms. The van der Waals surface area contributed by atoms with Crippen molar-refractivity contribution in [2.45, 2.75) is 13.8 Å². The molecule has 162 valence electrons. The van der Waals surface area contributed by atoms with Gasteiger partial charge in [0.15, 0.2) is 11.5 Å². The first-order chi connectivity index (χ1) is 15.5. The lowest BCUT2D eigenvalue weighted by Gasteiger charge is -2.22. The molecule has 1 N–H and O–H groups in total. The largest absolute Gasteiger partial charge is 0.462 e. The Labute approximate surface area is 182 Å². The van der Waals surface area contributed by atoms with Crippen molar-refractivity contribution in [1.29, 1.82) is 0 Å². The molecule has 0 saturated heterocycles. The van der Waals surface area contributed by atoms with Gasteiger partial charge in [0.2, 0.25) is 0 Å². The maximum Gasteiger partial charge on any atom is 0.425 e. The van der Waals surface area contributed by atoms with Gasteiger partial charge >= 0.3 is 12.1 Å². The van der Waals surface area contributed by atoms with Crippen molar-refractivity contribution in [1.82, 2.24) is 29.8 Å². The monoisotopic (exact) mass is 433 g/mol. The summed E-state index contributed by atoms with van der Waals surface area (Å²) in [6, 6.07) is 6.37. The number of ether oxygens (including phenoxy) is 2. The zero-order valence-electron chi connectivity index (χ0n) is 17.3. The van der Waals surface area contributed by atoms with E-state index in [0.717, 1.165) is 5.56 Å². The van der Waals surface area contributed by atoms with Gasteiger partial charge < -0.3 is 9.47 Å². The summed E-state index contributed by atoms with van der Waals surface area (Å²) < 4.78 is 11.9. The number of esters is 1. The number of aromatic amines is 1. The highest BCUT2D eigenvalue weighted by Gasteiger charge is 2.27. The fraction of sp³-hybridized carbons (Fsp3) is 0.143. The van der Waals surface area contributed by atoms with E-state index in [9.17, 15) is 9.59 Å². The number of nitrogens with one attached hydrogen (secondary N) is 1. The summed E-state index contributed by atoms with van der Waals surface area (Å²) in [6.45, 7) is 7.11. The summed E-state index contributed by atoms with van der Waals surface area (Å²) in [5, 5.41) is 10.9. The molecule has 0 atom stereocenters. The number of aromatic nitrogens is 6. The number of hydrogen-bond donors (Lipinski definition) is 1. The quantitative estimate of drug-likeness (QED) is 0.361. The SMILES string of the molecule is C=C(C)OC(=O)N(c1cccc(C(=O)OCC)c1)c1ncc(-c2cn[nH]c2)n2ncnc12. The van der Waals surface area contributed by atoms with Crippen molar-refractivity contribution in [2.24, 2.45) is 0 Å². The van der Waals surface area contributed by atoms with E-state index in [4.69, 9.17) is 9.47 Å². The van der Waals surface area contributed by atoms with Crippen LogP contribution in [-0.2, 0) is 9.47 Å². The van der Waals surface area contributed by atoms with Gasteiger partial charge in [-0.05, 0) is 32.0 Å². The van der Waals surface area contributed by atoms with E-state index in [1.54, 1.807) is 44.4 Å². The second-order valence-corrected chi connectivity index (χ2v) is 6.63. The molecular formula is C21H19N7O4. The minimum absolute atomic E-state index is 0.155. The highest BCUT2D eigenvalue weighted by atomic mass is 16.6. The second-order valence-electron chi connectivity index (χ2n) is 6.63. The number of fused-ring (bicyclic) bond motifs is 1. The van der Waals surface area contributed by atoms with Gasteiger partial charge in [-0.15, -0.1) is 0 Å². The third-order valence-electron chi connectivity index (χ3n) is 4.35. The molecular weight excluding hydrogens is 414 g/mol. The Hall–Kier alpha value is -4.54. The van der Waals surface area contributed by atoms with E-state index >= 15 is 0 Å². The molecule has 1 amide bonds. The molecule has 3 aromatic heterocycles. The Morgan fingerprint density at radius 2 is 2.09 bits per heavy atom. The molecule has 0 unspecified atom stereocenters. The summed E-state index contributed by atoms with van der Waals surface area (Å²) in [4.78, 5) is 35.2. The first-order valence-electron chi connectivity index (χ1n) is 9.62. The van der Waals surface area contributed by atoms with Gasteiger partial charge in [0.1, 0.15) is 6.33 Å². The molecule has 4 rings (SSSR count). The standard InChI is InChI=1S/C21H19N7O4/c1-4-31-20(29)14-6-5-7-16(8-14)27(21(30)32-13(2)3)18-19-23-12-26-28(19)17(11-22-18)15-9-24-25-10-15/h5-12H,2,4H2,1,3H3,(H,24,25). The topological polar surface area (TPSA) is 128 Å². The summed E-state index contributed by atoms with van der Waals surface area (Å²) >= 11 is 0. The highest BCUT2D eigenvalue weighted by molar-refractivity contribution is 6.00. The van der Waals surface area contributed by atoms with Crippen molar-refractivity contribution in [3.8, 4) is 11.3 Å². The Balaban J connectivity index is 1.87. The molecule has 0 radical (unpaired) electrons. The third-order valence-corrected chi connectivity index (χ3v) is 4.35. The lowest BCUT2D eigenvalue weighted by molar-refractivity contribution is 0.0526. The summed E-state index contributed by atoms with van der Waals surface area (Å²) in [6.07, 6.45) is 5.42. The van der Waals surface area contributed by atoms with Crippen molar-refractivity contribution in [3.63, 3.8) is 0 Å². The van der Waals surface area contributed by atoms with Crippen LogP contribution in [0.1, 0.15) is 24.2 Å². The second kappa shape index (κ2) is 8.68. The Morgan fingerprint density at radius 1 is 1.25 bits per heavy atom. The van der Waals surface area contributed by atoms with Gasteiger partial charge in [-0.25, -0.2) is 29.0 Å². The molecule has 0 spiro atoms. The average molecular weight is 433 g/mol. The van der Waals surface area contributed by atoms with E-state index in [0.29, 0.717) is 17.0 Å². The number of carbonyl (C=O) groups excluding carboxylic acids is 2. The normalized spacial score (nSPS) is 10.7. The number of carbonyl (C=O) groups is 2. The van der Waals surface area contributed by atoms with Gasteiger partial charge in [0, 0.05) is 11.8 Å². The molecule has 3 heterocycles. The number of amides is 1. The van der Waals surface area contributed by atoms with Crippen molar-refractivity contribution in [2.75, 3.05) is 11.5 Å². The Morgan fingerprint density at radius 3 is 2.81 bits per heavy atom. The van der Waals surface area contributed by atoms with Crippen LogP contribution in [0.4, 0.5) is 16.3 Å². The minimum Gasteiger partial charge on any atom is -0.462 e. The van der Waals surface area contributed by atoms with Gasteiger partial charge in [0.05, 0.1) is 41.7 Å². The fourth-order valence-electron chi connectivity index (χ4n) is 3.05. The summed E-state index contributed by atoms with van der Waals surface area (Å²) in [7, 11) is 0. The highest BCUT2D eigenvalue weighted by Crippen LogP contribution is 2.31. The molecule has 32 heavy (non-hydrogen) atoms. The number of nitrogens with zero attached hydrogens (tertiary/aromatic N) is 6. The average Bonchev–Trinajstić information content (AvgIpc) is 3.46. The number of rotatable bonds is 6. The Bertz CT molecular complexity index is 1300. The van der Waals surface area contributed by atoms with Gasteiger partial charge in [-0.3, -0.25) is 5.10 Å². The van der Waals surface area contributed by atoms with Crippen LogP contribution in [0, 0.1) is 0 Å². The van der Waals surface area contributed by atoms with Crippen LogP contribution >= 0.6 is 0 Å². The maximum atomic E-state index is 13.1. The first kappa shape index (κ1) is 20.7. The van der Waals surface area contributed by atoms with Crippen LogP contribution in [-0.4, -0.2) is 48.4 Å². The van der Waals surface area contributed by atoms with E-state index in [2.05, 4.69) is 31.8 Å². The molecule has 4 aromatic rings. The van der Waals surface area contributed by atoms with Crippen LogP contribution in [0.2, 0.25) is 0 Å². The van der Waals surface area contributed by atoms with Gasteiger partial charge in [-0.1, -0.05) is 12.6 Å². The predicted molar refractivity (Wildman–Crippen MR) is 114 cm³/mol.